The summed E-state index contributed by atoms with van der Waals surface area (Å²) in [5, 5.41) is 13.2. The van der Waals surface area contributed by atoms with Crippen LogP contribution in [0.2, 0.25) is 0 Å². The zero-order chi connectivity index (χ0) is 16.3. The van der Waals surface area contributed by atoms with Crippen LogP contribution >= 0.6 is 23.1 Å². The minimum Gasteiger partial charge on any atom is -0.462 e. The molecule has 116 valence electrons. The molecule has 1 atom stereocenters. The van der Waals surface area contributed by atoms with Gasteiger partial charge >= 0.3 is 5.97 Å². The molecule has 22 heavy (non-hydrogen) atoms. The number of Topliss-reactive ketones (excluding diaryl/α,β-unsaturated/α-hetero) is 1. The summed E-state index contributed by atoms with van der Waals surface area (Å²) in [6.07, 6.45) is 0.997. The summed E-state index contributed by atoms with van der Waals surface area (Å²) in [5.74, 6) is -1.03. The molecule has 0 saturated carbocycles. The van der Waals surface area contributed by atoms with E-state index in [0.717, 1.165) is 23.1 Å². The van der Waals surface area contributed by atoms with Gasteiger partial charge in [0.2, 0.25) is 5.91 Å². The van der Waals surface area contributed by atoms with Crippen LogP contribution < -0.4 is 5.32 Å². The van der Waals surface area contributed by atoms with E-state index in [-0.39, 0.29) is 23.9 Å². The average molecular weight is 338 g/mol. The Balaban J connectivity index is 2.47. The van der Waals surface area contributed by atoms with Gasteiger partial charge in [-0.1, -0.05) is 0 Å². The van der Waals surface area contributed by atoms with Crippen molar-refractivity contribution < 1.29 is 19.1 Å². The number of nitrogens with zero attached hydrogens (tertiary/aromatic N) is 1. The standard InChI is InChI=1S/C14H14N2O4S2/c1-3-20-14(19)10-8-4-5-9(21-6-15)11(18)12(8)22-13(10)16-7(2)17/h9H,3-5H2,1-2H3,(H,16,17)/t9-/m1/s1. The Morgan fingerprint density at radius 3 is 2.86 bits per heavy atom. The molecule has 2 rings (SSSR count). The van der Waals surface area contributed by atoms with Gasteiger partial charge in [-0.2, -0.15) is 5.26 Å². The Hall–Kier alpha value is -1.85. The van der Waals surface area contributed by atoms with Crippen LogP contribution in [0.4, 0.5) is 5.00 Å². The van der Waals surface area contributed by atoms with E-state index in [0.29, 0.717) is 28.3 Å². The Kier molecular flexibility index (Phi) is 5.21. The van der Waals surface area contributed by atoms with E-state index in [2.05, 4.69) is 5.32 Å². The summed E-state index contributed by atoms with van der Waals surface area (Å²) in [6, 6.07) is 0. The van der Waals surface area contributed by atoms with E-state index in [1.54, 1.807) is 6.92 Å². The van der Waals surface area contributed by atoms with Gasteiger partial charge in [0.25, 0.3) is 0 Å². The molecule has 1 aliphatic rings. The minimum absolute atomic E-state index is 0.167. The molecule has 1 heterocycles. The molecule has 0 aromatic carbocycles. The predicted octanol–water partition coefficient (Wildman–Crippen LogP) is 2.59. The fourth-order valence-electron chi connectivity index (χ4n) is 2.30. The second-order valence-corrected chi connectivity index (χ2v) is 6.62. The van der Waals surface area contributed by atoms with E-state index in [1.807, 2.05) is 5.40 Å². The first-order chi connectivity index (χ1) is 10.5. The summed E-state index contributed by atoms with van der Waals surface area (Å²) >= 11 is 2.01. The molecule has 0 bridgehead atoms. The smallest absolute Gasteiger partial charge is 0.341 e. The van der Waals surface area contributed by atoms with Gasteiger partial charge in [0.15, 0.2) is 5.78 Å². The molecule has 0 radical (unpaired) electrons. The normalized spacial score (nSPS) is 16.6. The number of rotatable bonds is 4. The van der Waals surface area contributed by atoms with Gasteiger partial charge in [-0.3, -0.25) is 9.59 Å². The third-order valence-corrected chi connectivity index (χ3v) is 5.15. The van der Waals surface area contributed by atoms with Gasteiger partial charge in [-0.15, -0.1) is 11.3 Å². The summed E-state index contributed by atoms with van der Waals surface area (Å²) in [7, 11) is 0. The predicted molar refractivity (Wildman–Crippen MR) is 84.2 cm³/mol. The van der Waals surface area contributed by atoms with E-state index < -0.39 is 11.2 Å². The number of nitrogens with one attached hydrogen (secondary N) is 1. The number of ketones is 1. The maximum Gasteiger partial charge on any atom is 0.341 e. The van der Waals surface area contributed by atoms with Gasteiger partial charge in [0.1, 0.15) is 10.4 Å². The van der Waals surface area contributed by atoms with Crippen LogP contribution in [0.15, 0.2) is 0 Å². The summed E-state index contributed by atoms with van der Waals surface area (Å²) < 4.78 is 5.03. The highest BCUT2D eigenvalue weighted by atomic mass is 32.2. The molecule has 0 saturated heterocycles. The second-order valence-electron chi connectivity index (χ2n) is 4.62. The van der Waals surface area contributed by atoms with Crippen molar-refractivity contribution in [3.63, 3.8) is 0 Å². The maximum absolute atomic E-state index is 12.4. The van der Waals surface area contributed by atoms with E-state index in [4.69, 9.17) is 10.00 Å². The SMILES string of the molecule is CCOC(=O)c1c(NC(C)=O)sc2c1CC[C@@H](SC#N)C2=O. The first-order valence-corrected chi connectivity index (χ1v) is 8.38. The van der Waals surface area contributed by atoms with E-state index in [1.165, 1.54) is 6.92 Å². The number of carbonyl (C=O) groups is 3. The van der Waals surface area contributed by atoms with Crippen molar-refractivity contribution in [1.29, 1.82) is 5.26 Å². The fraction of sp³-hybridized carbons (Fsp3) is 0.429. The first kappa shape index (κ1) is 16.5. The molecule has 0 spiro atoms. The Morgan fingerprint density at radius 2 is 2.27 bits per heavy atom. The lowest BCUT2D eigenvalue weighted by Crippen LogP contribution is -2.24. The first-order valence-electron chi connectivity index (χ1n) is 6.68. The van der Waals surface area contributed by atoms with Gasteiger partial charge in [-0.05, 0) is 37.1 Å². The number of ether oxygens (including phenoxy) is 1. The van der Waals surface area contributed by atoms with E-state index >= 15 is 0 Å². The molecule has 6 nitrogen and oxygen atoms in total. The molecule has 0 aliphatic heterocycles. The number of amides is 1. The number of carbonyl (C=O) groups excluding carboxylic acids is 3. The topological polar surface area (TPSA) is 96.3 Å². The summed E-state index contributed by atoms with van der Waals surface area (Å²) in [6.45, 7) is 3.24. The van der Waals surface area contributed by atoms with Crippen molar-refractivity contribution in [3.8, 4) is 5.40 Å². The molecule has 1 aromatic heterocycles. The highest BCUT2D eigenvalue weighted by molar-refractivity contribution is 8.05. The van der Waals surface area contributed by atoms with Crippen LogP contribution in [0.1, 0.15) is 45.9 Å². The lowest BCUT2D eigenvalue weighted by atomic mass is 9.94. The number of anilines is 1. The number of esters is 1. The quantitative estimate of drug-likeness (QED) is 0.669. The number of hydrogen-bond donors (Lipinski definition) is 1. The largest absolute Gasteiger partial charge is 0.462 e. The van der Waals surface area contributed by atoms with Crippen LogP contribution in [0.25, 0.3) is 0 Å². The van der Waals surface area contributed by atoms with Crippen molar-refractivity contribution in [3.05, 3.63) is 16.0 Å². The molecule has 1 aromatic rings. The van der Waals surface area contributed by atoms with Crippen molar-refractivity contribution in [2.75, 3.05) is 11.9 Å². The lowest BCUT2D eigenvalue weighted by Gasteiger charge is -2.18. The monoisotopic (exact) mass is 338 g/mol. The van der Waals surface area contributed by atoms with Crippen LogP contribution in [0, 0.1) is 10.7 Å². The fourth-order valence-corrected chi connectivity index (χ4v) is 4.24. The minimum atomic E-state index is -0.539. The van der Waals surface area contributed by atoms with Gasteiger partial charge in [0, 0.05) is 6.92 Å². The number of thiocyanates is 1. The molecule has 8 heteroatoms. The third kappa shape index (κ3) is 3.15. The lowest BCUT2D eigenvalue weighted by molar-refractivity contribution is -0.114. The number of thioether (sulfide) groups is 1. The third-order valence-electron chi connectivity index (χ3n) is 3.14. The Bertz CT molecular complexity index is 675. The molecule has 1 amide bonds. The van der Waals surface area contributed by atoms with Crippen molar-refractivity contribution in [2.45, 2.75) is 31.9 Å². The molecule has 0 unspecified atom stereocenters. The molecule has 1 N–H and O–H groups in total. The average Bonchev–Trinajstić information content (AvgIpc) is 2.80. The van der Waals surface area contributed by atoms with E-state index in [9.17, 15) is 14.4 Å². The van der Waals surface area contributed by atoms with Crippen LogP contribution in [-0.2, 0) is 16.0 Å². The van der Waals surface area contributed by atoms with Crippen molar-refractivity contribution in [2.24, 2.45) is 0 Å². The zero-order valence-corrected chi connectivity index (χ0v) is 13.7. The van der Waals surface area contributed by atoms with Crippen molar-refractivity contribution >= 4 is 45.8 Å². The molecule has 0 fully saturated rings. The molecule has 1 aliphatic carbocycles. The second kappa shape index (κ2) is 6.94. The molecular formula is C14H14N2O4S2. The Labute approximate surface area is 135 Å². The molecular weight excluding hydrogens is 324 g/mol. The summed E-state index contributed by atoms with van der Waals surface area (Å²) in [4.78, 5) is 36.3. The van der Waals surface area contributed by atoms with Crippen molar-refractivity contribution in [1.82, 2.24) is 0 Å². The van der Waals surface area contributed by atoms with Crippen LogP contribution in [0.5, 0.6) is 0 Å². The zero-order valence-electron chi connectivity index (χ0n) is 12.1. The highest BCUT2D eigenvalue weighted by Crippen LogP contribution is 2.40. The van der Waals surface area contributed by atoms with Gasteiger partial charge < -0.3 is 10.1 Å². The summed E-state index contributed by atoms with van der Waals surface area (Å²) in [5.41, 5.74) is 0.887. The number of hydrogen-bond acceptors (Lipinski definition) is 7. The highest BCUT2D eigenvalue weighted by Gasteiger charge is 2.35. The maximum atomic E-state index is 12.4. The Morgan fingerprint density at radius 1 is 1.55 bits per heavy atom. The van der Waals surface area contributed by atoms with Gasteiger partial charge in [0.05, 0.1) is 22.3 Å². The number of thiophene rings is 1. The van der Waals surface area contributed by atoms with Crippen LogP contribution in [-0.4, -0.2) is 29.5 Å². The number of nitriles is 1. The number of fused-ring (bicyclic) bond motifs is 1. The van der Waals surface area contributed by atoms with Crippen LogP contribution in [0.3, 0.4) is 0 Å². The van der Waals surface area contributed by atoms with Gasteiger partial charge in [-0.25, -0.2) is 4.79 Å².